The van der Waals surface area contributed by atoms with Crippen molar-refractivity contribution in [2.24, 2.45) is 0 Å². The molecule has 1 aliphatic rings. The number of fused-ring (bicyclic) bond motifs is 3. The van der Waals surface area contributed by atoms with Crippen LogP contribution in [0.4, 0.5) is 18.9 Å². The summed E-state index contributed by atoms with van der Waals surface area (Å²) in [4.78, 5) is 17.3. The van der Waals surface area contributed by atoms with Crippen LogP contribution in [-0.2, 0) is 11.9 Å². The zero-order valence-corrected chi connectivity index (χ0v) is 16.5. The Balaban J connectivity index is 1.69. The maximum Gasteiger partial charge on any atom is 0.416 e. The summed E-state index contributed by atoms with van der Waals surface area (Å²) in [7, 11) is 0. The maximum absolute atomic E-state index is 13.1. The molecule has 0 radical (unpaired) electrons. The van der Waals surface area contributed by atoms with Crippen LogP contribution in [0.3, 0.4) is 0 Å². The van der Waals surface area contributed by atoms with E-state index < -0.39 is 11.7 Å². The molecule has 2 heterocycles. The van der Waals surface area contributed by atoms with Crippen LogP contribution >= 0.6 is 23.1 Å². The van der Waals surface area contributed by atoms with E-state index in [0.29, 0.717) is 4.88 Å². The summed E-state index contributed by atoms with van der Waals surface area (Å²) in [6.07, 6.45) is -4.44. The van der Waals surface area contributed by atoms with Crippen LogP contribution in [0, 0.1) is 0 Å². The number of alkyl halides is 3. The summed E-state index contributed by atoms with van der Waals surface area (Å²) in [6.45, 7) is 2.05. The molecule has 1 amide bonds. The first-order chi connectivity index (χ1) is 13.4. The SMILES string of the molecule is CCN(C(=O)c1cc2c(s1)-c1ccccc1SC2)c1cccc(C(F)(F)F)c1. The van der Waals surface area contributed by atoms with Crippen molar-refractivity contribution in [2.75, 3.05) is 11.4 Å². The minimum atomic E-state index is -4.44. The molecule has 0 unspecified atom stereocenters. The van der Waals surface area contributed by atoms with Gasteiger partial charge in [-0.25, -0.2) is 0 Å². The monoisotopic (exact) mass is 419 g/mol. The highest BCUT2D eigenvalue weighted by molar-refractivity contribution is 7.98. The highest BCUT2D eigenvalue weighted by atomic mass is 32.2. The van der Waals surface area contributed by atoms with Crippen LogP contribution in [-0.4, -0.2) is 12.5 Å². The first-order valence-corrected chi connectivity index (χ1v) is 10.5. The molecule has 0 N–H and O–H groups in total. The molecule has 0 spiro atoms. The van der Waals surface area contributed by atoms with Gasteiger partial charge in [-0.1, -0.05) is 24.3 Å². The molecule has 0 atom stereocenters. The molecule has 144 valence electrons. The second-order valence-corrected chi connectivity index (χ2v) is 8.42. The summed E-state index contributed by atoms with van der Waals surface area (Å²) in [5, 5.41) is 0. The summed E-state index contributed by atoms with van der Waals surface area (Å²) >= 11 is 3.14. The second kappa shape index (κ2) is 7.29. The Hall–Kier alpha value is -2.25. The number of hydrogen-bond acceptors (Lipinski definition) is 3. The standard InChI is InChI=1S/C21H16F3NOS2/c1-2-25(15-7-5-6-14(11-15)21(22,23)24)20(26)18-10-13-12-27-17-9-4-3-8-16(17)19(13)28-18/h3-11H,2,12H2,1H3. The van der Waals surface area contributed by atoms with Crippen LogP contribution in [0.2, 0.25) is 0 Å². The minimum absolute atomic E-state index is 0.253. The lowest BCUT2D eigenvalue weighted by Gasteiger charge is -2.21. The quantitative estimate of drug-likeness (QED) is 0.470. The average molecular weight is 419 g/mol. The van der Waals surface area contributed by atoms with Crippen LogP contribution in [0.15, 0.2) is 59.5 Å². The number of nitrogens with zero attached hydrogens (tertiary/aromatic N) is 1. The highest BCUT2D eigenvalue weighted by Gasteiger charge is 2.31. The molecule has 0 saturated carbocycles. The predicted octanol–water partition coefficient (Wildman–Crippen LogP) is 6.71. The lowest BCUT2D eigenvalue weighted by Crippen LogP contribution is -2.30. The van der Waals surface area contributed by atoms with Gasteiger partial charge in [0.15, 0.2) is 0 Å². The van der Waals surface area contributed by atoms with E-state index in [1.165, 1.54) is 33.3 Å². The molecule has 0 fully saturated rings. The number of anilines is 1. The van der Waals surface area contributed by atoms with Crippen molar-refractivity contribution in [3.63, 3.8) is 0 Å². The van der Waals surface area contributed by atoms with Gasteiger partial charge in [0.2, 0.25) is 0 Å². The Labute approximate surface area is 169 Å². The molecular weight excluding hydrogens is 403 g/mol. The van der Waals surface area contributed by atoms with Gasteiger partial charge < -0.3 is 4.90 Å². The lowest BCUT2D eigenvalue weighted by atomic mass is 10.1. The van der Waals surface area contributed by atoms with Gasteiger partial charge in [-0.05, 0) is 42.8 Å². The number of rotatable bonds is 3. The fraction of sp³-hybridized carbons (Fsp3) is 0.190. The third kappa shape index (κ3) is 3.44. The Morgan fingerprint density at radius 3 is 2.64 bits per heavy atom. The predicted molar refractivity (Wildman–Crippen MR) is 108 cm³/mol. The number of carbonyl (C=O) groups excluding carboxylic acids is 1. The third-order valence-electron chi connectivity index (χ3n) is 4.58. The molecule has 3 aromatic rings. The minimum Gasteiger partial charge on any atom is -0.308 e. The molecule has 1 aromatic heterocycles. The number of thiophene rings is 1. The van der Waals surface area contributed by atoms with E-state index in [9.17, 15) is 18.0 Å². The molecule has 4 rings (SSSR count). The zero-order chi connectivity index (χ0) is 19.9. The Morgan fingerprint density at radius 1 is 1.11 bits per heavy atom. The zero-order valence-electron chi connectivity index (χ0n) is 14.9. The van der Waals surface area contributed by atoms with Crippen molar-refractivity contribution in [1.82, 2.24) is 0 Å². The molecule has 7 heteroatoms. The van der Waals surface area contributed by atoms with Crippen molar-refractivity contribution >= 4 is 34.7 Å². The number of carbonyl (C=O) groups is 1. The molecule has 28 heavy (non-hydrogen) atoms. The number of benzene rings is 2. The van der Waals surface area contributed by atoms with E-state index in [1.54, 1.807) is 18.7 Å². The highest BCUT2D eigenvalue weighted by Crippen LogP contribution is 2.45. The van der Waals surface area contributed by atoms with Crippen molar-refractivity contribution in [1.29, 1.82) is 0 Å². The van der Waals surface area contributed by atoms with Crippen LogP contribution in [0.1, 0.15) is 27.7 Å². The van der Waals surface area contributed by atoms with E-state index in [0.717, 1.165) is 33.9 Å². The van der Waals surface area contributed by atoms with Crippen molar-refractivity contribution in [2.45, 2.75) is 23.7 Å². The van der Waals surface area contributed by atoms with Crippen LogP contribution < -0.4 is 4.90 Å². The number of thioether (sulfide) groups is 1. The summed E-state index contributed by atoms with van der Waals surface area (Å²) in [6, 6.07) is 14.8. The van der Waals surface area contributed by atoms with E-state index in [1.807, 2.05) is 24.3 Å². The van der Waals surface area contributed by atoms with E-state index in [-0.39, 0.29) is 18.1 Å². The smallest absolute Gasteiger partial charge is 0.308 e. The van der Waals surface area contributed by atoms with Gasteiger partial charge in [0.05, 0.1) is 10.4 Å². The summed E-state index contributed by atoms with van der Waals surface area (Å²) in [5.41, 5.74) is 1.70. The molecule has 2 nitrogen and oxygen atoms in total. The van der Waals surface area contributed by atoms with Gasteiger partial charge in [-0.15, -0.1) is 23.1 Å². The summed E-state index contributed by atoms with van der Waals surface area (Å²) in [5.74, 6) is 0.509. The molecule has 0 bridgehead atoms. The first-order valence-electron chi connectivity index (χ1n) is 8.72. The third-order valence-corrected chi connectivity index (χ3v) is 6.90. The van der Waals surface area contributed by atoms with Crippen molar-refractivity contribution in [3.05, 3.63) is 70.6 Å². The van der Waals surface area contributed by atoms with Crippen molar-refractivity contribution in [3.8, 4) is 10.4 Å². The van der Waals surface area contributed by atoms with Gasteiger partial charge in [0.25, 0.3) is 5.91 Å². The molecule has 0 aliphatic carbocycles. The fourth-order valence-corrected chi connectivity index (χ4v) is 5.60. The second-order valence-electron chi connectivity index (χ2n) is 6.35. The number of amides is 1. The van der Waals surface area contributed by atoms with E-state index >= 15 is 0 Å². The van der Waals surface area contributed by atoms with Gasteiger partial charge in [-0.3, -0.25) is 4.79 Å². The fourth-order valence-electron chi connectivity index (χ4n) is 3.23. The van der Waals surface area contributed by atoms with Crippen LogP contribution in [0.5, 0.6) is 0 Å². The van der Waals surface area contributed by atoms with Gasteiger partial charge >= 0.3 is 6.18 Å². The molecule has 1 aliphatic heterocycles. The van der Waals surface area contributed by atoms with Crippen LogP contribution in [0.25, 0.3) is 10.4 Å². The molecular formula is C21H16F3NOS2. The maximum atomic E-state index is 13.1. The summed E-state index contributed by atoms with van der Waals surface area (Å²) < 4.78 is 39.2. The van der Waals surface area contributed by atoms with Crippen molar-refractivity contribution < 1.29 is 18.0 Å². The molecule has 2 aromatic carbocycles. The van der Waals surface area contributed by atoms with Gasteiger partial charge in [-0.2, -0.15) is 13.2 Å². The van der Waals surface area contributed by atoms with Gasteiger partial charge in [0.1, 0.15) is 0 Å². The largest absolute Gasteiger partial charge is 0.416 e. The Kier molecular flexibility index (Phi) is 4.97. The molecule has 0 saturated heterocycles. The van der Waals surface area contributed by atoms with Gasteiger partial charge in [0, 0.05) is 33.3 Å². The first kappa shape index (κ1) is 19.1. The topological polar surface area (TPSA) is 20.3 Å². The Bertz CT molecular complexity index is 1040. The number of hydrogen-bond donors (Lipinski definition) is 0. The average Bonchev–Trinajstić information content (AvgIpc) is 3.13. The lowest BCUT2D eigenvalue weighted by molar-refractivity contribution is -0.137. The number of halogens is 3. The normalized spacial score (nSPS) is 13.0. The van der Waals surface area contributed by atoms with E-state index in [4.69, 9.17) is 0 Å². The Morgan fingerprint density at radius 2 is 1.89 bits per heavy atom. The van der Waals surface area contributed by atoms with E-state index in [2.05, 4.69) is 6.07 Å².